The van der Waals surface area contributed by atoms with Gasteiger partial charge in [-0.2, -0.15) is 0 Å². The van der Waals surface area contributed by atoms with Crippen LogP contribution in [-0.4, -0.2) is 10.1 Å². The lowest BCUT2D eigenvalue weighted by molar-refractivity contribution is 0.475. The van der Waals surface area contributed by atoms with Crippen LogP contribution in [0.1, 0.15) is 0 Å². The first-order valence-electron chi connectivity index (χ1n) is 5.94. The van der Waals surface area contributed by atoms with Gasteiger partial charge < -0.3 is 15.6 Å². The molecule has 0 fully saturated rings. The van der Waals surface area contributed by atoms with E-state index in [4.69, 9.17) is 10.5 Å². The molecule has 3 aromatic rings. The lowest BCUT2D eigenvalue weighted by Crippen LogP contribution is -1.92. The molecule has 3 rings (SSSR count). The van der Waals surface area contributed by atoms with E-state index in [1.54, 1.807) is 30.5 Å². The molecule has 100 valence electrons. The van der Waals surface area contributed by atoms with E-state index in [-0.39, 0.29) is 11.4 Å². The molecule has 0 saturated carbocycles. The number of halogens is 1. The number of nitrogens with zero attached hydrogens (tertiary/aromatic N) is 1. The highest BCUT2D eigenvalue weighted by atomic mass is 19.1. The molecule has 0 amide bonds. The molecule has 0 bridgehead atoms. The highest BCUT2D eigenvalue weighted by molar-refractivity contribution is 5.86. The fourth-order valence-corrected chi connectivity index (χ4v) is 1.90. The van der Waals surface area contributed by atoms with Crippen molar-refractivity contribution < 1.29 is 14.2 Å². The molecule has 3 N–H and O–H groups in total. The number of anilines is 1. The highest BCUT2D eigenvalue weighted by Gasteiger charge is 2.07. The van der Waals surface area contributed by atoms with E-state index in [2.05, 4.69) is 4.98 Å². The van der Waals surface area contributed by atoms with Gasteiger partial charge in [0.05, 0.1) is 11.2 Å². The molecule has 0 radical (unpaired) electrons. The van der Waals surface area contributed by atoms with Gasteiger partial charge in [-0.25, -0.2) is 4.39 Å². The van der Waals surface area contributed by atoms with Crippen molar-refractivity contribution in [3.63, 3.8) is 0 Å². The van der Waals surface area contributed by atoms with E-state index in [1.165, 1.54) is 18.2 Å². The molecule has 1 aromatic heterocycles. The second-order valence-corrected chi connectivity index (χ2v) is 4.30. The van der Waals surface area contributed by atoms with Crippen LogP contribution in [-0.2, 0) is 0 Å². The van der Waals surface area contributed by atoms with Gasteiger partial charge in [0.1, 0.15) is 23.1 Å². The molecule has 0 saturated heterocycles. The molecule has 0 unspecified atom stereocenters. The lowest BCUT2D eigenvalue weighted by atomic mass is 10.2. The van der Waals surface area contributed by atoms with E-state index in [9.17, 15) is 9.50 Å². The molecule has 4 nitrogen and oxygen atoms in total. The standard InChI is InChI=1S/C15H11FN2O2/c16-12-8-10(2-4-13(12)17)20-15-5-6-18-14-7-9(19)1-3-11(14)15/h1-8,19H,17H2. The zero-order valence-electron chi connectivity index (χ0n) is 10.4. The normalized spacial score (nSPS) is 10.7. The zero-order chi connectivity index (χ0) is 14.1. The zero-order valence-corrected chi connectivity index (χ0v) is 10.4. The Morgan fingerprint density at radius 2 is 1.95 bits per heavy atom. The molecule has 0 aliphatic rings. The number of aromatic nitrogens is 1. The van der Waals surface area contributed by atoms with Gasteiger partial charge >= 0.3 is 0 Å². The first kappa shape index (κ1) is 12.2. The second-order valence-electron chi connectivity index (χ2n) is 4.30. The van der Waals surface area contributed by atoms with Crippen molar-refractivity contribution in [2.24, 2.45) is 0 Å². The van der Waals surface area contributed by atoms with E-state index in [1.807, 2.05) is 0 Å². The summed E-state index contributed by atoms with van der Waals surface area (Å²) < 4.78 is 19.0. The molecular formula is C15H11FN2O2. The number of nitrogens with two attached hydrogens (primary N) is 1. The predicted molar refractivity (Wildman–Crippen MR) is 74.3 cm³/mol. The van der Waals surface area contributed by atoms with Crippen molar-refractivity contribution in [1.82, 2.24) is 4.98 Å². The van der Waals surface area contributed by atoms with Gasteiger partial charge in [0, 0.05) is 23.7 Å². The number of phenols is 1. The largest absolute Gasteiger partial charge is 0.508 e. The number of aromatic hydroxyl groups is 1. The van der Waals surface area contributed by atoms with Crippen LogP contribution in [0.3, 0.4) is 0 Å². The number of fused-ring (bicyclic) bond motifs is 1. The summed E-state index contributed by atoms with van der Waals surface area (Å²) in [4.78, 5) is 4.14. The predicted octanol–water partition coefficient (Wildman–Crippen LogP) is 3.45. The molecule has 5 heteroatoms. The Morgan fingerprint density at radius 1 is 1.10 bits per heavy atom. The molecule has 0 atom stereocenters. The number of benzene rings is 2. The van der Waals surface area contributed by atoms with Crippen LogP contribution < -0.4 is 10.5 Å². The minimum Gasteiger partial charge on any atom is -0.508 e. The van der Waals surface area contributed by atoms with Gasteiger partial charge in [0.2, 0.25) is 0 Å². The Morgan fingerprint density at radius 3 is 2.75 bits per heavy atom. The fraction of sp³-hybridized carbons (Fsp3) is 0. The maximum atomic E-state index is 13.4. The summed E-state index contributed by atoms with van der Waals surface area (Å²) in [6, 6.07) is 10.7. The van der Waals surface area contributed by atoms with Crippen molar-refractivity contribution in [2.75, 3.05) is 5.73 Å². The number of ether oxygens (including phenoxy) is 1. The SMILES string of the molecule is Nc1ccc(Oc2ccnc3cc(O)ccc23)cc1F. The Bertz CT molecular complexity index is 790. The summed E-state index contributed by atoms with van der Waals surface area (Å²) in [5.41, 5.74) is 6.09. The first-order chi connectivity index (χ1) is 9.63. The van der Waals surface area contributed by atoms with E-state index < -0.39 is 5.82 Å². The summed E-state index contributed by atoms with van der Waals surface area (Å²) in [6.45, 7) is 0. The van der Waals surface area contributed by atoms with Crippen molar-refractivity contribution in [3.05, 3.63) is 54.5 Å². The third kappa shape index (κ3) is 2.21. The van der Waals surface area contributed by atoms with Crippen LogP contribution in [0.2, 0.25) is 0 Å². The summed E-state index contributed by atoms with van der Waals surface area (Å²) >= 11 is 0. The summed E-state index contributed by atoms with van der Waals surface area (Å²) in [5, 5.41) is 10.2. The molecule has 0 spiro atoms. The van der Waals surface area contributed by atoms with Crippen LogP contribution in [0.15, 0.2) is 48.7 Å². The average Bonchev–Trinajstić information content (AvgIpc) is 2.43. The number of hydrogen-bond donors (Lipinski definition) is 2. The quantitative estimate of drug-likeness (QED) is 0.700. The molecule has 1 heterocycles. The van der Waals surface area contributed by atoms with Crippen molar-refractivity contribution in [2.45, 2.75) is 0 Å². The minimum atomic E-state index is -0.529. The summed E-state index contributed by atoms with van der Waals surface area (Å²) in [6.07, 6.45) is 1.56. The van der Waals surface area contributed by atoms with Gasteiger partial charge in [-0.3, -0.25) is 4.98 Å². The van der Waals surface area contributed by atoms with Crippen LogP contribution in [0.25, 0.3) is 10.9 Å². The third-order valence-electron chi connectivity index (χ3n) is 2.89. The molecule has 0 aliphatic carbocycles. The minimum absolute atomic E-state index is 0.0712. The smallest absolute Gasteiger partial charge is 0.149 e. The lowest BCUT2D eigenvalue weighted by Gasteiger charge is -2.09. The van der Waals surface area contributed by atoms with Crippen molar-refractivity contribution in [1.29, 1.82) is 0 Å². The Kier molecular flexibility index (Phi) is 2.87. The Labute approximate surface area is 114 Å². The average molecular weight is 270 g/mol. The van der Waals surface area contributed by atoms with Crippen LogP contribution >= 0.6 is 0 Å². The van der Waals surface area contributed by atoms with Gasteiger partial charge in [0.25, 0.3) is 0 Å². The van der Waals surface area contributed by atoms with E-state index in [0.717, 1.165) is 5.39 Å². The number of phenolic OH excluding ortho intramolecular Hbond substituents is 1. The maximum absolute atomic E-state index is 13.4. The number of rotatable bonds is 2. The van der Waals surface area contributed by atoms with Crippen LogP contribution in [0, 0.1) is 5.82 Å². The topological polar surface area (TPSA) is 68.4 Å². The molecule has 20 heavy (non-hydrogen) atoms. The van der Waals surface area contributed by atoms with Gasteiger partial charge in [-0.1, -0.05) is 0 Å². The number of nitrogen functional groups attached to an aromatic ring is 1. The fourth-order valence-electron chi connectivity index (χ4n) is 1.90. The van der Waals surface area contributed by atoms with Crippen LogP contribution in [0.5, 0.6) is 17.2 Å². The number of pyridine rings is 1. The van der Waals surface area contributed by atoms with Crippen molar-refractivity contribution in [3.8, 4) is 17.2 Å². The summed E-state index contributed by atoms with van der Waals surface area (Å²) in [7, 11) is 0. The van der Waals surface area contributed by atoms with Crippen LogP contribution in [0.4, 0.5) is 10.1 Å². The van der Waals surface area contributed by atoms with Gasteiger partial charge in [-0.15, -0.1) is 0 Å². The second kappa shape index (κ2) is 4.70. The third-order valence-corrected chi connectivity index (χ3v) is 2.89. The molecular weight excluding hydrogens is 259 g/mol. The molecule has 2 aromatic carbocycles. The Hall–Kier alpha value is -2.82. The van der Waals surface area contributed by atoms with E-state index >= 15 is 0 Å². The summed E-state index contributed by atoms with van der Waals surface area (Å²) in [5.74, 6) is 0.468. The monoisotopic (exact) mass is 270 g/mol. The van der Waals surface area contributed by atoms with Gasteiger partial charge in [0.15, 0.2) is 0 Å². The van der Waals surface area contributed by atoms with E-state index in [0.29, 0.717) is 17.0 Å². The number of hydrogen-bond acceptors (Lipinski definition) is 4. The van der Waals surface area contributed by atoms with Crippen molar-refractivity contribution >= 4 is 16.6 Å². The first-order valence-corrected chi connectivity index (χ1v) is 5.94. The molecule has 0 aliphatic heterocycles. The van der Waals surface area contributed by atoms with Gasteiger partial charge in [-0.05, 0) is 30.3 Å². The maximum Gasteiger partial charge on any atom is 0.149 e. The Balaban J connectivity index is 2.04. The highest BCUT2D eigenvalue weighted by Crippen LogP contribution is 2.31.